The SMILES string of the molecule is CC(=O)Nc1ccc(-c2cc(B(O)O)ccc2C)cc1.CS(=O)(=O)Nc1ccc(-c2cc(B(O)O)ccc2F)cc1.Cc1ccc(B(O)O)cc1-c1ccc(S(N)(=O)=O)cc1. The minimum Gasteiger partial charge on any atom is -0.423 e. The van der Waals surface area contributed by atoms with Crippen LogP contribution in [0, 0.1) is 19.7 Å². The van der Waals surface area contributed by atoms with Crippen molar-refractivity contribution in [2.45, 2.75) is 25.7 Å². The first-order valence-electron chi connectivity index (χ1n) is 18.2. The summed E-state index contributed by atoms with van der Waals surface area (Å²) in [5, 5.41) is 62.8. The van der Waals surface area contributed by atoms with Crippen molar-refractivity contribution in [3.8, 4) is 33.4 Å². The number of carbonyl (C=O) groups is 1. The largest absolute Gasteiger partial charge is 0.488 e. The van der Waals surface area contributed by atoms with E-state index >= 15 is 0 Å². The van der Waals surface area contributed by atoms with Crippen LogP contribution in [0.5, 0.6) is 0 Å². The van der Waals surface area contributed by atoms with Crippen LogP contribution in [0.1, 0.15) is 18.1 Å². The molecule has 20 heteroatoms. The minimum absolute atomic E-state index is 0.0391. The molecule has 0 spiro atoms. The van der Waals surface area contributed by atoms with Crippen molar-refractivity contribution in [1.29, 1.82) is 0 Å². The van der Waals surface area contributed by atoms with Crippen LogP contribution in [-0.2, 0) is 24.8 Å². The van der Waals surface area contributed by atoms with Gasteiger partial charge in [-0.1, -0.05) is 84.9 Å². The topological polar surface area (TPSA) is 257 Å². The number of halogens is 1. The number of benzene rings is 6. The van der Waals surface area contributed by atoms with Gasteiger partial charge in [0.2, 0.25) is 26.0 Å². The maximum Gasteiger partial charge on any atom is 0.488 e. The Morgan fingerprint density at radius 1 is 0.557 bits per heavy atom. The molecule has 14 nitrogen and oxygen atoms in total. The fourth-order valence-corrected chi connectivity index (χ4v) is 6.92. The molecular weight excluding hydrogens is 826 g/mol. The summed E-state index contributed by atoms with van der Waals surface area (Å²) >= 11 is 0. The van der Waals surface area contributed by atoms with Gasteiger partial charge in [-0.2, -0.15) is 0 Å². The van der Waals surface area contributed by atoms with Gasteiger partial charge in [-0.15, -0.1) is 0 Å². The summed E-state index contributed by atoms with van der Waals surface area (Å²) in [6.45, 7) is 5.31. The lowest BCUT2D eigenvalue weighted by Crippen LogP contribution is -2.29. The third kappa shape index (κ3) is 14.2. The molecule has 0 aliphatic carbocycles. The number of sulfonamides is 2. The van der Waals surface area contributed by atoms with E-state index in [1.807, 2.05) is 44.2 Å². The summed E-state index contributed by atoms with van der Waals surface area (Å²) in [6, 6.07) is 33.7. The number of carbonyl (C=O) groups excluding carboxylic acids is 1. The fraction of sp³-hybridized carbons (Fsp3) is 0.0976. The van der Waals surface area contributed by atoms with Crippen LogP contribution in [0.4, 0.5) is 15.8 Å². The first-order valence-corrected chi connectivity index (χ1v) is 21.6. The summed E-state index contributed by atoms with van der Waals surface area (Å²) < 4.78 is 60.7. The van der Waals surface area contributed by atoms with E-state index in [1.165, 1.54) is 43.3 Å². The van der Waals surface area contributed by atoms with Gasteiger partial charge in [0.1, 0.15) is 5.82 Å². The highest BCUT2D eigenvalue weighted by molar-refractivity contribution is 7.92. The second kappa shape index (κ2) is 20.7. The Morgan fingerprint density at radius 3 is 1.30 bits per heavy atom. The molecule has 0 saturated heterocycles. The first kappa shape index (κ1) is 48.0. The van der Waals surface area contributed by atoms with Gasteiger partial charge in [-0.05, 0) is 112 Å². The number of rotatable bonds is 10. The third-order valence-corrected chi connectivity index (χ3v) is 10.5. The molecule has 61 heavy (non-hydrogen) atoms. The molecule has 1 amide bonds. The van der Waals surface area contributed by atoms with Gasteiger partial charge in [-0.25, -0.2) is 26.4 Å². The van der Waals surface area contributed by atoms with Crippen molar-refractivity contribution >= 4 is 75.1 Å². The molecular formula is C41H43B3FN3O11S2. The molecule has 0 aromatic heterocycles. The summed E-state index contributed by atoms with van der Waals surface area (Å²) in [5.41, 5.74) is 8.25. The zero-order valence-corrected chi connectivity index (χ0v) is 35.0. The predicted octanol–water partition coefficient (Wildman–Crippen LogP) is 1.83. The highest BCUT2D eigenvalue weighted by Crippen LogP contribution is 2.26. The van der Waals surface area contributed by atoms with Gasteiger partial charge < -0.3 is 35.5 Å². The lowest BCUT2D eigenvalue weighted by Gasteiger charge is -2.10. The predicted molar refractivity (Wildman–Crippen MR) is 239 cm³/mol. The molecule has 10 N–H and O–H groups in total. The third-order valence-electron chi connectivity index (χ3n) is 8.92. The van der Waals surface area contributed by atoms with Crippen molar-refractivity contribution in [2.75, 3.05) is 16.3 Å². The quantitative estimate of drug-likeness (QED) is 0.0898. The lowest BCUT2D eigenvalue weighted by atomic mass is 9.78. The number of amides is 1. The monoisotopic (exact) mass is 869 g/mol. The van der Waals surface area contributed by atoms with Crippen LogP contribution in [-0.4, -0.2) is 80.5 Å². The summed E-state index contributed by atoms with van der Waals surface area (Å²) in [7, 11) is -11.8. The normalized spacial score (nSPS) is 11.0. The van der Waals surface area contributed by atoms with Crippen molar-refractivity contribution in [3.63, 3.8) is 0 Å². The van der Waals surface area contributed by atoms with E-state index in [9.17, 15) is 46.1 Å². The molecule has 0 radical (unpaired) electrons. The number of anilines is 2. The highest BCUT2D eigenvalue weighted by Gasteiger charge is 2.17. The molecule has 0 unspecified atom stereocenters. The number of aryl methyl sites for hydroxylation is 2. The van der Waals surface area contributed by atoms with Crippen LogP contribution in [0.3, 0.4) is 0 Å². The van der Waals surface area contributed by atoms with Crippen LogP contribution in [0.2, 0.25) is 0 Å². The Morgan fingerprint density at radius 2 is 0.918 bits per heavy atom. The fourth-order valence-electron chi connectivity index (χ4n) is 5.84. The Bertz CT molecular complexity index is 2690. The van der Waals surface area contributed by atoms with E-state index in [0.29, 0.717) is 22.2 Å². The second-order valence-electron chi connectivity index (χ2n) is 13.8. The van der Waals surface area contributed by atoms with Gasteiger partial charge >= 0.3 is 21.4 Å². The highest BCUT2D eigenvalue weighted by atomic mass is 32.2. The molecule has 6 rings (SSSR count). The van der Waals surface area contributed by atoms with E-state index < -0.39 is 47.2 Å². The van der Waals surface area contributed by atoms with Gasteiger partial charge in [0.15, 0.2) is 0 Å². The number of hydrogen-bond acceptors (Lipinski definition) is 11. The van der Waals surface area contributed by atoms with E-state index in [2.05, 4.69) is 10.0 Å². The maximum atomic E-state index is 13.8. The lowest BCUT2D eigenvalue weighted by molar-refractivity contribution is -0.114. The smallest absolute Gasteiger partial charge is 0.423 e. The van der Waals surface area contributed by atoms with Crippen molar-refractivity contribution < 1.29 is 56.2 Å². The Labute approximate surface area is 354 Å². The summed E-state index contributed by atoms with van der Waals surface area (Å²) in [5.74, 6) is -0.623. The molecule has 0 atom stereocenters. The zero-order valence-electron chi connectivity index (χ0n) is 33.4. The Kier molecular flexibility index (Phi) is 16.3. The van der Waals surface area contributed by atoms with Crippen molar-refractivity contribution in [1.82, 2.24) is 0 Å². The molecule has 0 fully saturated rings. The number of primary sulfonamides is 1. The van der Waals surface area contributed by atoms with E-state index in [-0.39, 0.29) is 21.8 Å². The van der Waals surface area contributed by atoms with Gasteiger partial charge in [0.05, 0.1) is 11.2 Å². The Balaban J connectivity index is 0.000000202. The standard InChI is InChI=1S/C15H16BNO3.C13H13BFNO4S.C13H14BNO4S/c1-10-3-6-13(16(19)20)9-15(10)12-4-7-14(8-5-12)17-11(2)18;1-21(19,20)16-11-5-2-9(3-6-11)12-8-10(14(17)18)4-7-13(12)15;1-9-2-5-11(14(16)17)8-13(9)10-3-6-12(7-4-10)20(15,18)19/h3-9,19-20H,1-2H3,(H,17,18);2-8,16-18H,1H3;2-8,16-17H,1H3,(H2,15,18,19). The van der Waals surface area contributed by atoms with E-state index in [0.717, 1.165) is 51.4 Å². The number of nitrogens with two attached hydrogens (primary N) is 1. The number of hydrogen-bond donors (Lipinski definition) is 9. The summed E-state index contributed by atoms with van der Waals surface area (Å²) in [6.07, 6.45) is 1.03. The van der Waals surface area contributed by atoms with Gasteiger partial charge in [0.25, 0.3) is 0 Å². The molecule has 6 aromatic rings. The molecule has 0 heterocycles. The molecule has 0 aliphatic heterocycles. The van der Waals surface area contributed by atoms with Gasteiger partial charge in [0, 0.05) is 23.9 Å². The molecule has 0 bridgehead atoms. The van der Waals surface area contributed by atoms with Gasteiger partial charge in [-0.3, -0.25) is 9.52 Å². The van der Waals surface area contributed by atoms with E-state index in [4.69, 9.17) is 15.2 Å². The van der Waals surface area contributed by atoms with Crippen LogP contribution >= 0.6 is 0 Å². The second-order valence-corrected chi connectivity index (χ2v) is 17.1. The van der Waals surface area contributed by atoms with Crippen molar-refractivity contribution in [3.05, 3.63) is 144 Å². The first-order chi connectivity index (χ1) is 28.5. The van der Waals surface area contributed by atoms with Crippen molar-refractivity contribution in [2.24, 2.45) is 5.14 Å². The summed E-state index contributed by atoms with van der Waals surface area (Å²) in [4.78, 5) is 11.0. The molecule has 316 valence electrons. The van der Waals surface area contributed by atoms with Crippen LogP contribution < -0.4 is 31.6 Å². The average molecular weight is 869 g/mol. The molecule has 6 aromatic carbocycles. The molecule has 0 saturated carbocycles. The number of nitrogens with one attached hydrogen (secondary N) is 2. The van der Waals surface area contributed by atoms with Crippen LogP contribution in [0.25, 0.3) is 33.4 Å². The Hall–Kier alpha value is -5.67. The average Bonchev–Trinajstić information content (AvgIpc) is 3.18. The minimum atomic E-state index is -3.71. The zero-order chi connectivity index (χ0) is 45.2. The van der Waals surface area contributed by atoms with Crippen LogP contribution in [0.15, 0.2) is 132 Å². The molecule has 0 aliphatic rings. The maximum absolute atomic E-state index is 13.8. The van der Waals surface area contributed by atoms with E-state index in [1.54, 1.807) is 54.6 Å².